The molecule has 0 saturated heterocycles. The molecule has 4 rings (SSSR count). The Kier molecular flexibility index (Phi) is 4.29. The first-order chi connectivity index (χ1) is 13.0. The van der Waals surface area contributed by atoms with Gasteiger partial charge in [-0.15, -0.1) is 0 Å². The highest BCUT2D eigenvalue weighted by Crippen LogP contribution is 2.36. The number of hydrogen-bond donors (Lipinski definition) is 0. The number of nitro benzene ring substituents is 1. The maximum atomic E-state index is 13.3. The molecule has 1 aliphatic rings. The minimum atomic E-state index is -3.83. The van der Waals surface area contributed by atoms with Crippen LogP contribution < -0.4 is 0 Å². The van der Waals surface area contributed by atoms with Crippen LogP contribution in [0.15, 0.2) is 77.8 Å². The molecule has 8 heteroatoms. The Morgan fingerprint density at radius 2 is 1.63 bits per heavy atom. The lowest BCUT2D eigenvalue weighted by Crippen LogP contribution is -2.42. The van der Waals surface area contributed by atoms with Crippen LogP contribution in [0.25, 0.3) is 0 Å². The number of rotatable bonds is 4. The first-order valence-electron chi connectivity index (χ1n) is 8.45. The van der Waals surface area contributed by atoms with E-state index in [1.165, 1.54) is 28.6 Å². The van der Waals surface area contributed by atoms with E-state index < -0.39 is 21.0 Å². The highest BCUT2D eigenvalue weighted by atomic mass is 32.2. The van der Waals surface area contributed by atoms with Gasteiger partial charge in [0.15, 0.2) is 0 Å². The number of fused-ring (bicyclic) bond motifs is 1. The van der Waals surface area contributed by atoms with E-state index in [0.29, 0.717) is 13.1 Å². The summed E-state index contributed by atoms with van der Waals surface area (Å²) in [6.45, 7) is 0.873. The van der Waals surface area contributed by atoms with Gasteiger partial charge in [0.2, 0.25) is 10.0 Å². The van der Waals surface area contributed by atoms with Crippen LogP contribution in [0.5, 0.6) is 0 Å². The zero-order valence-corrected chi connectivity index (χ0v) is 15.1. The maximum absolute atomic E-state index is 13.3. The predicted octanol–water partition coefficient (Wildman–Crippen LogP) is 3.19. The minimum absolute atomic E-state index is 0.0500. The predicted molar refractivity (Wildman–Crippen MR) is 99.7 cm³/mol. The Labute approximate surface area is 156 Å². The summed E-state index contributed by atoms with van der Waals surface area (Å²) in [5.74, 6) is 0. The second kappa shape index (κ2) is 6.64. The van der Waals surface area contributed by atoms with E-state index >= 15 is 0 Å². The van der Waals surface area contributed by atoms with Gasteiger partial charge in [0.25, 0.3) is 5.69 Å². The summed E-state index contributed by atoms with van der Waals surface area (Å²) < 4.78 is 30.2. The molecule has 0 bridgehead atoms. The zero-order valence-electron chi connectivity index (χ0n) is 14.3. The summed E-state index contributed by atoms with van der Waals surface area (Å²) in [6.07, 6.45) is 1.95. The van der Waals surface area contributed by atoms with Crippen LogP contribution in [-0.4, -0.2) is 28.8 Å². The van der Waals surface area contributed by atoms with Crippen LogP contribution in [0.4, 0.5) is 5.69 Å². The smallest absolute Gasteiger partial charge is 0.269 e. The van der Waals surface area contributed by atoms with Crippen LogP contribution in [0.2, 0.25) is 0 Å². The normalized spacial score (nSPS) is 17.4. The van der Waals surface area contributed by atoms with Crippen molar-refractivity contribution in [3.63, 3.8) is 0 Å². The average Bonchev–Trinajstić information content (AvgIpc) is 3.16. The van der Waals surface area contributed by atoms with Gasteiger partial charge < -0.3 is 4.57 Å². The third kappa shape index (κ3) is 3.02. The van der Waals surface area contributed by atoms with Gasteiger partial charge in [-0.2, -0.15) is 4.31 Å². The van der Waals surface area contributed by atoms with Crippen molar-refractivity contribution in [1.82, 2.24) is 8.87 Å². The summed E-state index contributed by atoms with van der Waals surface area (Å²) in [6, 6.07) is 17.9. The van der Waals surface area contributed by atoms with E-state index in [2.05, 4.69) is 4.57 Å². The van der Waals surface area contributed by atoms with Crippen molar-refractivity contribution in [2.75, 3.05) is 6.54 Å². The topological polar surface area (TPSA) is 85.4 Å². The number of benzene rings is 2. The molecule has 0 radical (unpaired) electrons. The van der Waals surface area contributed by atoms with Gasteiger partial charge in [0, 0.05) is 37.1 Å². The second-order valence-electron chi connectivity index (χ2n) is 6.31. The van der Waals surface area contributed by atoms with Gasteiger partial charge in [0.1, 0.15) is 0 Å². The van der Waals surface area contributed by atoms with E-state index in [1.54, 1.807) is 0 Å². The molecule has 0 aliphatic carbocycles. The largest absolute Gasteiger partial charge is 0.348 e. The fourth-order valence-electron chi connectivity index (χ4n) is 3.47. The summed E-state index contributed by atoms with van der Waals surface area (Å²) in [7, 11) is -3.83. The quantitative estimate of drug-likeness (QED) is 0.511. The minimum Gasteiger partial charge on any atom is -0.348 e. The molecular weight excluding hydrogens is 366 g/mol. The van der Waals surface area contributed by atoms with Gasteiger partial charge in [-0.1, -0.05) is 30.3 Å². The lowest BCUT2D eigenvalue weighted by atomic mass is 10.0. The van der Waals surface area contributed by atoms with E-state index in [9.17, 15) is 18.5 Å². The molecule has 0 amide bonds. The molecule has 1 aromatic heterocycles. The molecule has 7 nitrogen and oxygen atoms in total. The third-order valence-electron chi connectivity index (χ3n) is 4.76. The summed E-state index contributed by atoms with van der Waals surface area (Å²) in [4.78, 5) is 10.4. The monoisotopic (exact) mass is 383 g/mol. The Bertz CT molecular complexity index is 1080. The Hall–Kier alpha value is -2.97. The molecule has 3 aromatic rings. The standard InChI is InChI=1S/C19H17N3O4S/c23-22(24)16-8-10-17(11-9-16)27(25,26)21-14-13-20-12-4-7-18(20)19(21)15-5-2-1-3-6-15/h1-12,19H,13-14H2/t19-/m0/s1. The van der Waals surface area contributed by atoms with Crippen molar-refractivity contribution in [2.45, 2.75) is 17.5 Å². The fraction of sp³-hybridized carbons (Fsp3) is 0.158. The summed E-state index contributed by atoms with van der Waals surface area (Å²) >= 11 is 0. The van der Waals surface area contributed by atoms with E-state index in [1.807, 2.05) is 48.7 Å². The number of nitro groups is 1. The van der Waals surface area contributed by atoms with Crippen LogP contribution in [0.3, 0.4) is 0 Å². The maximum Gasteiger partial charge on any atom is 0.269 e. The van der Waals surface area contributed by atoms with E-state index in [-0.39, 0.29) is 10.6 Å². The molecule has 2 heterocycles. The van der Waals surface area contributed by atoms with Crippen molar-refractivity contribution in [1.29, 1.82) is 0 Å². The molecule has 0 spiro atoms. The SMILES string of the molecule is O=[N+]([O-])c1ccc(S(=O)(=O)N2CCn3cccc3[C@@H]2c2ccccc2)cc1. The third-order valence-corrected chi connectivity index (χ3v) is 6.64. The number of sulfonamides is 1. The van der Waals surface area contributed by atoms with Gasteiger partial charge in [-0.25, -0.2) is 8.42 Å². The molecule has 2 aromatic carbocycles. The van der Waals surface area contributed by atoms with Crippen LogP contribution in [0.1, 0.15) is 17.3 Å². The van der Waals surface area contributed by atoms with Gasteiger partial charge in [0.05, 0.1) is 15.9 Å². The van der Waals surface area contributed by atoms with Gasteiger partial charge >= 0.3 is 0 Å². The molecule has 0 N–H and O–H groups in total. The van der Waals surface area contributed by atoms with Crippen LogP contribution in [0, 0.1) is 10.1 Å². The van der Waals surface area contributed by atoms with Crippen LogP contribution >= 0.6 is 0 Å². The number of hydrogen-bond acceptors (Lipinski definition) is 4. The lowest BCUT2D eigenvalue weighted by Gasteiger charge is -2.36. The zero-order chi connectivity index (χ0) is 19.0. The second-order valence-corrected chi connectivity index (χ2v) is 8.20. The number of non-ortho nitro benzene ring substituents is 1. The highest BCUT2D eigenvalue weighted by molar-refractivity contribution is 7.89. The van der Waals surface area contributed by atoms with Crippen molar-refractivity contribution >= 4 is 15.7 Å². The number of nitrogens with zero attached hydrogens (tertiary/aromatic N) is 3. The van der Waals surface area contributed by atoms with Crippen LogP contribution in [-0.2, 0) is 16.6 Å². The van der Waals surface area contributed by atoms with Crippen molar-refractivity contribution in [2.24, 2.45) is 0 Å². The molecule has 0 saturated carbocycles. The molecule has 1 aliphatic heterocycles. The summed E-state index contributed by atoms with van der Waals surface area (Å²) in [5, 5.41) is 10.9. The molecule has 0 unspecified atom stereocenters. The molecule has 138 valence electrons. The first-order valence-corrected chi connectivity index (χ1v) is 9.89. The Balaban J connectivity index is 1.80. The highest BCUT2D eigenvalue weighted by Gasteiger charge is 2.37. The molecule has 27 heavy (non-hydrogen) atoms. The van der Waals surface area contributed by atoms with E-state index in [0.717, 1.165) is 11.3 Å². The molecular formula is C19H17N3O4S. The Morgan fingerprint density at radius 1 is 0.926 bits per heavy atom. The van der Waals surface area contributed by atoms with Crippen molar-refractivity contribution in [3.8, 4) is 0 Å². The van der Waals surface area contributed by atoms with Gasteiger partial charge in [-0.05, 0) is 29.8 Å². The van der Waals surface area contributed by atoms with Crippen molar-refractivity contribution < 1.29 is 13.3 Å². The first kappa shape index (κ1) is 17.4. The molecule has 0 fully saturated rings. The van der Waals surface area contributed by atoms with E-state index in [4.69, 9.17) is 0 Å². The molecule has 1 atom stereocenters. The van der Waals surface area contributed by atoms with Crippen molar-refractivity contribution in [3.05, 3.63) is 94.3 Å². The Morgan fingerprint density at radius 3 is 2.30 bits per heavy atom. The number of aromatic nitrogens is 1. The average molecular weight is 383 g/mol. The fourth-order valence-corrected chi connectivity index (χ4v) is 5.05. The van der Waals surface area contributed by atoms with Gasteiger partial charge in [-0.3, -0.25) is 10.1 Å². The summed E-state index contributed by atoms with van der Waals surface area (Å²) in [5.41, 5.74) is 1.64. The lowest BCUT2D eigenvalue weighted by molar-refractivity contribution is -0.384.